The van der Waals surface area contributed by atoms with Crippen LogP contribution in [-0.4, -0.2) is 38.3 Å². The average molecular weight is 301 g/mol. The molecule has 1 unspecified atom stereocenters. The van der Waals surface area contributed by atoms with Gasteiger partial charge in [0.15, 0.2) is 0 Å². The number of hydrogen-bond donors (Lipinski definition) is 2. The fourth-order valence-electron chi connectivity index (χ4n) is 2.13. The number of carbonyl (C=O) groups is 1. The van der Waals surface area contributed by atoms with E-state index in [1.807, 2.05) is 0 Å². The first kappa shape index (κ1) is 14.9. The molecule has 0 saturated carbocycles. The zero-order chi connectivity index (χ0) is 14.8. The maximum atomic E-state index is 13.0. The summed E-state index contributed by atoms with van der Waals surface area (Å²) in [4.78, 5) is 12.0. The van der Waals surface area contributed by atoms with E-state index in [0.29, 0.717) is 5.56 Å². The number of benzene rings is 1. The Morgan fingerprint density at radius 2 is 2.05 bits per heavy atom. The van der Waals surface area contributed by atoms with Crippen LogP contribution in [0.15, 0.2) is 24.3 Å². The Bertz CT molecular complexity index is 588. The van der Waals surface area contributed by atoms with Gasteiger partial charge >= 0.3 is 0 Å². The van der Waals surface area contributed by atoms with Crippen LogP contribution >= 0.6 is 0 Å². The van der Waals surface area contributed by atoms with Crippen molar-refractivity contribution in [2.24, 2.45) is 0 Å². The van der Waals surface area contributed by atoms with Crippen LogP contribution in [-0.2, 0) is 15.0 Å². The van der Waals surface area contributed by atoms with Crippen LogP contribution in [0.3, 0.4) is 0 Å². The summed E-state index contributed by atoms with van der Waals surface area (Å²) in [6, 6.07) is 4.26. The molecule has 1 heterocycles. The summed E-state index contributed by atoms with van der Waals surface area (Å²) in [6.07, 6.45) is 0. The fourth-order valence-corrected chi connectivity index (χ4v) is 3.49. The van der Waals surface area contributed by atoms with Crippen LogP contribution < -0.4 is 10.0 Å². The summed E-state index contributed by atoms with van der Waals surface area (Å²) >= 11 is 0. The highest BCUT2D eigenvalue weighted by Gasteiger charge is 2.38. The molecule has 1 aromatic rings. The van der Waals surface area contributed by atoms with Crippen molar-refractivity contribution in [2.75, 3.05) is 19.6 Å². The van der Waals surface area contributed by atoms with Crippen molar-refractivity contribution in [1.82, 2.24) is 14.3 Å². The van der Waals surface area contributed by atoms with E-state index in [2.05, 4.69) is 10.0 Å². The van der Waals surface area contributed by atoms with Gasteiger partial charge < -0.3 is 5.32 Å². The Labute approximate surface area is 117 Å². The number of nitrogens with zero attached hydrogens (tertiary/aromatic N) is 1. The van der Waals surface area contributed by atoms with Crippen molar-refractivity contribution in [3.63, 3.8) is 0 Å². The van der Waals surface area contributed by atoms with Gasteiger partial charge in [0.05, 0.1) is 0 Å². The van der Waals surface area contributed by atoms with Gasteiger partial charge in [-0.3, -0.25) is 4.79 Å². The van der Waals surface area contributed by atoms with Crippen molar-refractivity contribution in [3.05, 3.63) is 35.6 Å². The lowest BCUT2D eigenvalue weighted by atomic mass is 10.0. The molecule has 0 aromatic heterocycles. The summed E-state index contributed by atoms with van der Waals surface area (Å²) in [5.41, 5.74) is 0.435. The smallest absolute Gasteiger partial charge is 0.280 e. The van der Waals surface area contributed by atoms with Gasteiger partial charge in [0.2, 0.25) is 5.91 Å². The Kier molecular flexibility index (Phi) is 4.36. The molecule has 2 rings (SSSR count). The highest BCUT2D eigenvalue weighted by atomic mass is 32.2. The second-order valence-corrected chi connectivity index (χ2v) is 6.07. The summed E-state index contributed by atoms with van der Waals surface area (Å²) in [6.45, 7) is 2.31. The van der Waals surface area contributed by atoms with Gasteiger partial charge in [-0.25, -0.2) is 9.11 Å². The van der Waals surface area contributed by atoms with Gasteiger partial charge in [0.1, 0.15) is 11.9 Å². The number of piperazine rings is 1. The molecule has 0 bridgehead atoms. The third-order valence-electron chi connectivity index (χ3n) is 2.99. The van der Waals surface area contributed by atoms with Crippen molar-refractivity contribution in [3.8, 4) is 0 Å². The van der Waals surface area contributed by atoms with E-state index in [-0.39, 0.29) is 19.6 Å². The average Bonchev–Trinajstić information content (AvgIpc) is 2.40. The minimum Gasteiger partial charge on any atom is -0.353 e. The molecule has 1 saturated heterocycles. The predicted octanol–water partition coefficient (Wildman–Crippen LogP) is 0.153. The van der Waals surface area contributed by atoms with Crippen LogP contribution in [0.25, 0.3) is 0 Å². The van der Waals surface area contributed by atoms with E-state index < -0.39 is 28.0 Å². The van der Waals surface area contributed by atoms with E-state index >= 15 is 0 Å². The van der Waals surface area contributed by atoms with Crippen molar-refractivity contribution < 1.29 is 17.6 Å². The van der Waals surface area contributed by atoms with Gasteiger partial charge in [-0.1, -0.05) is 19.1 Å². The van der Waals surface area contributed by atoms with E-state index in [4.69, 9.17) is 0 Å². The summed E-state index contributed by atoms with van der Waals surface area (Å²) in [5.74, 6) is -0.851. The maximum Gasteiger partial charge on any atom is 0.280 e. The molecule has 1 fully saturated rings. The van der Waals surface area contributed by atoms with Gasteiger partial charge in [0, 0.05) is 19.6 Å². The minimum atomic E-state index is -3.75. The normalized spacial score (nSPS) is 20.7. The third kappa shape index (κ3) is 2.97. The SMILES string of the molecule is CCNS(=O)(=O)N1CCNC(=O)C1c1ccc(F)cc1. The summed E-state index contributed by atoms with van der Waals surface area (Å²) in [7, 11) is -3.75. The second kappa shape index (κ2) is 5.86. The number of nitrogens with one attached hydrogen (secondary N) is 2. The maximum absolute atomic E-state index is 13.0. The van der Waals surface area contributed by atoms with E-state index in [0.717, 1.165) is 4.31 Å². The van der Waals surface area contributed by atoms with Gasteiger partial charge in [-0.05, 0) is 17.7 Å². The van der Waals surface area contributed by atoms with Gasteiger partial charge in [-0.15, -0.1) is 0 Å². The molecule has 1 aliphatic rings. The molecule has 1 aliphatic heterocycles. The van der Waals surface area contributed by atoms with Crippen molar-refractivity contribution >= 4 is 16.1 Å². The van der Waals surface area contributed by atoms with Crippen LogP contribution in [0, 0.1) is 5.82 Å². The first-order chi connectivity index (χ1) is 9.45. The fraction of sp³-hybridized carbons (Fsp3) is 0.417. The Balaban J connectivity index is 2.39. The largest absolute Gasteiger partial charge is 0.353 e. The lowest BCUT2D eigenvalue weighted by Crippen LogP contribution is -2.54. The molecule has 20 heavy (non-hydrogen) atoms. The minimum absolute atomic E-state index is 0.170. The highest BCUT2D eigenvalue weighted by Crippen LogP contribution is 2.25. The lowest BCUT2D eigenvalue weighted by Gasteiger charge is -2.34. The van der Waals surface area contributed by atoms with Crippen LogP contribution in [0.4, 0.5) is 4.39 Å². The van der Waals surface area contributed by atoms with E-state index in [9.17, 15) is 17.6 Å². The molecule has 1 aromatic carbocycles. The molecule has 1 amide bonds. The monoisotopic (exact) mass is 301 g/mol. The number of halogens is 1. The molecule has 0 radical (unpaired) electrons. The number of carbonyl (C=O) groups excluding carboxylic acids is 1. The van der Waals surface area contributed by atoms with Gasteiger partial charge in [0.25, 0.3) is 10.2 Å². The summed E-state index contributed by atoms with van der Waals surface area (Å²) < 4.78 is 40.7. The molecule has 8 heteroatoms. The standard InChI is InChI=1S/C12H16FN3O3S/c1-2-15-20(18,19)16-8-7-14-12(17)11(16)9-3-5-10(13)6-4-9/h3-6,11,15H,2,7-8H2,1H3,(H,14,17). The Morgan fingerprint density at radius 1 is 1.40 bits per heavy atom. The zero-order valence-corrected chi connectivity index (χ0v) is 11.8. The van der Waals surface area contributed by atoms with E-state index in [1.54, 1.807) is 6.92 Å². The first-order valence-corrected chi connectivity index (χ1v) is 7.69. The molecular formula is C12H16FN3O3S. The predicted molar refractivity (Wildman–Crippen MR) is 71.5 cm³/mol. The topological polar surface area (TPSA) is 78.5 Å². The molecule has 2 N–H and O–H groups in total. The lowest BCUT2D eigenvalue weighted by molar-refractivity contribution is -0.126. The summed E-state index contributed by atoms with van der Waals surface area (Å²) in [5, 5.41) is 2.62. The van der Waals surface area contributed by atoms with Crippen molar-refractivity contribution in [1.29, 1.82) is 0 Å². The second-order valence-electron chi connectivity index (χ2n) is 4.36. The zero-order valence-electron chi connectivity index (χ0n) is 11.0. The highest BCUT2D eigenvalue weighted by molar-refractivity contribution is 7.87. The molecule has 0 aliphatic carbocycles. The molecular weight excluding hydrogens is 285 g/mol. The quantitative estimate of drug-likeness (QED) is 0.831. The number of rotatable bonds is 4. The number of amides is 1. The Hall–Kier alpha value is -1.51. The third-order valence-corrected chi connectivity index (χ3v) is 4.65. The molecule has 6 nitrogen and oxygen atoms in total. The molecule has 0 spiro atoms. The van der Waals surface area contributed by atoms with Crippen LogP contribution in [0.2, 0.25) is 0 Å². The van der Waals surface area contributed by atoms with Gasteiger partial charge in [-0.2, -0.15) is 12.7 Å². The Morgan fingerprint density at radius 3 is 2.65 bits per heavy atom. The molecule has 110 valence electrons. The van der Waals surface area contributed by atoms with Crippen molar-refractivity contribution in [2.45, 2.75) is 13.0 Å². The molecule has 1 atom stereocenters. The first-order valence-electron chi connectivity index (χ1n) is 6.25. The van der Waals surface area contributed by atoms with Crippen LogP contribution in [0.1, 0.15) is 18.5 Å². The van der Waals surface area contributed by atoms with E-state index in [1.165, 1.54) is 24.3 Å². The van der Waals surface area contributed by atoms with Crippen LogP contribution in [0.5, 0.6) is 0 Å². The number of hydrogen-bond acceptors (Lipinski definition) is 3.